The Labute approximate surface area is 90.7 Å². The van der Waals surface area contributed by atoms with Crippen LogP contribution >= 0.6 is 15.9 Å². The zero-order valence-electron chi connectivity index (χ0n) is 7.97. The quantitative estimate of drug-likeness (QED) is 0.647. The number of rotatable bonds is 4. The Bertz CT molecular complexity index is 307. The third-order valence-corrected chi connectivity index (χ3v) is 2.14. The van der Waals surface area contributed by atoms with Crippen LogP contribution in [0.5, 0.6) is 5.75 Å². The molecule has 0 aliphatic rings. The van der Waals surface area contributed by atoms with E-state index in [1.807, 2.05) is 13.8 Å². The van der Waals surface area contributed by atoms with Crippen molar-refractivity contribution in [2.45, 2.75) is 20.0 Å². The maximum Gasteiger partial charge on any atom is 0.135 e. The highest BCUT2D eigenvalue weighted by Gasteiger charge is 2.04. The van der Waals surface area contributed by atoms with E-state index in [0.717, 1.165) is 4.47 Å². The first-order valence-corrected chi connectivity index (χ1v) is 5.00. The molecule has 0 atom stereocenters. The van der Waals surface area contributed by atoms with E-state index in [-0.39, 0.29) is 6.10 Å². The molecule has 0 heterocycles. The number of ether oxygens (including phenoxy) is 1. The molecule has 0 unspecified atom stereocenters. The molecule has 14 heavy (non-hydrogen) atoms. The van der Waals surface area contributed by atoms with E-state index in [2.05, 4.69) is 21.4 Å². The van der Waals surface area contributed by atoms with Gasteiger partial charge in [0, 0.05) is 6.07 Å². The third kappa shape index (κ3) is 3.16. The summed E-state index contributed by atoms with van der Waals surface area (Å²) in [6, 6.07) is 5.22. The summed E-state index contributed by atoms with van der Waals surface area (Å²) in [5.41, 5.74) is 4.30. The molecule has 0 spiro atoms. The molecule has 0 aromatic heterocycles. The van der Waals surface area contributed by atoms with Gasteiger partial charge in [-0.1, -0.05) is 5.65 Å². The molecule has 0 saturated carbocycles. The van der Waals surface area contributed by atoms with Crippen molar-refractivity contribution in [3.8, 4) is 5.75 Å². The first kappa shape index (κ1) is 11.3. The summed E-state index contributed by atoms with van der Waals surface area (Å²) >= 11 is 3.34. The predicted octanol–water partition coefficient (Wildman–Crippen LogP) is 3.04. The van der Waals surface area contributed by atoms with Crippen LogP contribution in [0.4, 0.5) is 10.2 Å². The molecule has 0 saturated heterocycles. The molecule has 78 valence electrons. The lowest BCUT2D eigenvalue weighted by atomic mass is 10.3. The molecule has 1 aromatic carbocycles. The van der Waals surface area contributed by atoms with Crippen molar-refractivity contribution in [2.24, 2.45) is 0 Å². The van der Waals surface area contributed by atoms with Crippen molar-refractivity contribution < 1.29 is 9.22 Å². The fourth-order valence-corrected chi connectivity index (χ4v) is 1.32. The largest absolute Gasteiger partial charge is 0.490 e. The Morgan fingerprint density at radius 3 is 2.71 bits per heavy atom. The van der Waals surface area contributed by atoms with Crippen LogP contribution < -0.4 is 15.8 Å². The van der Waals surface area contributed by atoms with Gasteiger partial charge in [0.1, 0.15) is 5.75 Å². The van der Waals surface area contributed by atoms with Crippen molar-refractivity contribution >= 4 is 21.6 Å². The lowest BCUT2D eigenvalue weighted by molar-refractivity contribution is 0.241. The van der Waals surface area contributed by atoms with Gasteiger partial charge >= 0.3 is 0 Å². The SMILES string of the molecule is CC(C)Oc1cc(NNF)ccc1Br. The lowest BCUT2D eigenvalue weighted by Crippen LogP contribution is -2.11. The first-order chi connectivity index (χ1) is 6.63. The van der Waals surface area contributed by atoms with Gasteiger partial charge in [-0.05, 0) is 41.9 Å². The smallest absolute Gasteiger partial charge is 0.135 e. The van der Waals surface area contributed by atoms with Gasteiger partial charge < -0.3 is 4.74 Å². The minimum absolute atomic E-state index is 0.0832. The molecule has 3 nitrogen and oxygen atoms in total. The number of anilines is 1. The molecule has 0 fully saturated rings. The van der Waals surface area contributed by atoms with Crippen molar-refractivity contribution in [2.75, 3.05) is 5.43 Å². The normalized spacial score (nSPS) is 10.4. The number of halogens is 2. The van der Waals surface area contributed by atoms with Crippen LogP contribution in [-0.2, 0) is 0 Å². The second-order valence-corrected chi connectivity index (χ2v) is 3.89. The van der Waals surface area contributed by atoms with E-state index in [1.165, 1.54) is 5.65 Å². The van der Waals surface area contributed by atoms with Crippen LogP contribution in [0.15, 0.2) is 22.7 Å². The van der Waals surface area contributed by atoms with Gasteiger partial charge in [-0.15, -0.1) is 4.48 Å². The molecule has 0 aliphatic carbocycles. The molecule has 1 rings (SSSR count). The van der Waals surface area contributed by atoms with Crippen molar-refractivity contribution in [1.82, 2.24) is 5.65 Å². The maximum absolute atomic E-state index is 11.8. The summed E-state index contributed by atoms with van der Waals surface area (Å²) in [6.45, 7) is 3.86. The van der Waals surface area contributed by atoms with E-state index in [9.17, 15) is 4.48 Å². The van der Waals surface area contributed by atoms with Crippen LogP contribution in [0.25, 0.3) is 0 Å². The topological polar surface area (TPSA) is 33.3 Å². The summed E-state index contributed by atoms with van der Waals surface area (Å²) in [7, 11) is 0. The van der Waals surface area contributed by atoms with Crippen molar-refractivity contribution in [1.29, 1.82) is 0 Å². The highest BCUT2D eigenvalue weighted by molar-refractivity contribution is 9.10. The Balaban J connectivity index is 2.84. The van der Waals surface area contributed by atoms with Crippen molar-refractivity contribution in [3.63, 3.8) is 0 Å². The van der Waals surface area contributed by atoms with Crippen LogP contribution in [0.3, 0.4) is 0 Å². The van der Waals surface area contributed by atoms with E-state index >= 15 is 0 Å². The first-order valence-electron chi connectivity index (χ1n) is 4.21. The lowest BCUT2D eigenvalue weighted by Gasteiger charge is -2.12. The summed E-state index contributed by atoms with van der Waals surface area (Å²) in [4.78, 5) is 0. The summed E-state index contributed by atoms with van der Waals surface area (Å²) in [5.74, 6) is 0.681. The van der Waals surface area contributed by atoms with Crippen LogP contribution in [-0.4, -0.2) is 6.10 Å². The van der Waals surface area contributed by atoms with Gasteiger partial charge in [-0.25, -0.2) is 0 Å². The van der Waals surface area contributed by atoms with Crippen LogP contribution in [0.2, 0.25) is 0 Å². The number of hydrazine groups is 1. The van der Waals surface area contributed by atoms with Gasteiger partial charge in [-0.3, -0.25) is 5.43 Å². The molecular weight excluding hydrogens is 251 g/mol. The van der Waals surface area contributed by atoms with Gasteiger partial charge in [0.2, 0.25) is 0 Å². The maximum atomic E-state index is 11.8. The monoisotopic (exact) mass is 262 g/mol. The molecular formula is C9H12BrFN2O. The van der Waals surface area contributed by atoms with Gasteiger partial charge in [0.05, 0.1) is 16.3 Å². The predicted molar refractivity (Wildman–Crippen MR) is 57.8 cm³/mol. The fourth-order valence-electron chi connectivity index (χ4n) is 0.980. The minimum Gasteiger partial charge on any atom is -0.490 e. The number of hydrogen-bond acceptors (Lipinski definition) is 3. The zero-order chi connectivity index (χ0) is 10.6. The van der Waals surface area contributed by atoms with E-state index < -0.39 is 0 Å². The van der Waals surface area contributed by atoms with Crippen LogP contribution in [0, 0.1) is 0 Å². The van der Waals surface area contributed by atoms with Crippen LogP contribution in [0.1, 0.15) is 13.8 Å². The molecule has 0 radical (unpaired) electrons. The highest BCUT2D eigenvalue weighted by Crippen LogP contribution is 2.28. The molecule has 0 bridgehead atoms. The van der Waals surface area contributed by atoms with E-state index in [4.69, 9.17) is 4.74 Å². The van der Waals surface area contributed by atoms with E-state index in [0.29, 0.717) is 11.4 Å². The average Bonchev–Trinajstić information content (AvgIpc) is 2.10. The highest BCUT2D eigenvalue weighted by atomic mass is 79.9. The molecule has 1 aromatic rings. The molecule has 2 N–H and O–H groups in total. The van der Waals surface area contributed by atoms with Gasteiger partial charge in [-0.2, -0.15) is 0 Å². The Kier molecular flexibility index (Phi) is 4.16. The molecule has 0 amide bonds. The number of benzene rings is 1. The zero-order valence-corrected chi connectivity index (χ0v) is 9.56. The summed E-state index contributed by atoms with van der Waals surface area (Å²) in [6.07, 6.45) is 0.0832. The Morgan fingerprint density at radius 1 is 1.43 bits per heavy atom. The summed E-state index contributed by atoms with van der Waals surface area (Å²) in [5, 5.41) is 0. The standard InChI is InChI=1S/C9H12BrFN2O/c1-6(2)14-9-5-7(12-13-11)3-4-8(9)10/h3-6,12-13H,1-2H3. The average molecular weight is 263 g/mol. The van der Waals surface area contributed by atoms with E-state index in [1.54, 1.807) is 18.2 Å². The minimum atomic E-state index is 0.0832. The third-order valence-electron chi connectivity index (χ3n) is 1.49. The van der Waals surface area contributed by atoms with Gasteiger partial charge in [0.25, 0.3) is 0 Å². The van der Waals surface area contributed by atoms with Crippen molar-refractivity contribution in [3.05, 3.63) is 22.7 Å². The summed E-state index contributed by atoms with van der Waals surface area (Å²) < 4.78 is 18.1. The molecule has 0 aliphatic heterocycles. The second kappa shape index (κ2) is 5.17. The second-order valence-electron chi connectivity index (χ2n) is 3.03. The number of hydrogen-bond donors (Lipinski definition) is 2. The Morgan fingerprint density at radius 2 is 2.14 bits per heavy atom. The fraction of sp³-hybridized carbons (Fsp3) is 0.333. The number of nitrogens with one attached hydrogen (secondary N) is 2. The Hall–Kier alpha value is -0.810. The van der Waals surface area contributed by atoms with Gasteiger partial charge in [0.15, 0.2) is 0 Å². The molecule has 5 heteroatoms.